The molecule has 0 bridgehead atoms. The van der Waals surface area contributed by atoms with Crippen LogP contribution >= 0.6 is 0 Å². The molecule has 7 aliphatic rings. The zero-order valence-corrected chi connectivity index (χ0v) is 34.1. The summed E-state index contributed by atoms with van der Waals surface area (Å²) >= 11 is 0. The first-order valence-corrected chi connectivity index (χ1v) is 20.9. The Hall–Kier alpha value is -1.11. The van der Waals surface area contributed by atoms with E-state index in [1.165, 1.54) is 6.29 Å². The van der Waals surface area contributed by atoms with Crippen molar-refractivity contribution >= 4 is 6.29 Å². The van der Waals surface area contributed by atoms with Gasteiger partial charge in [-0.2, -0.15) is 0 Å². The van der Waals surface area contributed by atoms with E-state index in [4.69, 9.17) is 23.7 Å². The molecule has 14 heteroatoms. The molecule has 0 aromatic heterocycles. The monoisotopic (exact) mass is 796 g/mol. The Morgan fingerprint density at radius 1 is 0.732 bits per heavy atom. The SMILES string of the molecule is CC(C)=CC1C[C@](O)([C@@]2(C)CC[C@]3(C)C2CCC2[C@@]4(C=O)CCC(O[C@@H]5OC[C@H](O)[C@H](O[C@@H]6O[C@H](CO)[C@@H](O)[C@H](O)[C@H]6O)[C@H]5O)C(C)(C)C4CC[C@]23C)[C@H](O)O1. The average molecular weight is 797 g/mol. The number of fused-ring (bicyclic) bond motifs is 5. The van der Waals surface area contributed by atoms with E-state index >= 15 is 0 Å². The van der Waals surface area contributed by atoms with Gasteiger partial charge in [-0.3, -0.25) is 0 Å². The lowest BCUT2D eigenvalue weighted by Gasteiger charge is -2.70. The molecule has 0 aromatic rings. The minimum atomic E-state index is -1.72. The van der Waals surface area contributed by atoms with E-state index in [-0.39, 0.29) is 41.3 Å². The van der Waals surface area contributed by atoms with Gasteiger partial charge in [-0.25, -0.2) is 0 Å². The molecule has 0 amide bonds. The summed E-state index contributed by atoms with van der Waals surface area (Å²) in [5, 5.41) is 86.5. The standard InChI is InChI=1S/C42H68O14/c1-21(2)16-22-17-42(51,36(50)53-22)40(7)15-14-39(6)26(40)8-9-27-38(39,5)12-10-25-37(3,4)28(11-13-41(25,27)20-44)55-34-32(49)33(23(45)19-52-34)56-35-31(48)30(47)29(46)24(18-43)54-35/h16,20,22-36,43,45-51H,8-15,17-19H2,1-7H3/t22?,23-,24+,25?,26?,27?,28?,29+,30-,31+,32+,33-,34-,35-,36+,38+,39+,40-,41+,42+/m0/s1. The van der Waals surface area contributed by atoms with Crippen LogP contribution in [0, 0.1) is 44.8 Å². The molecule has 0 aromatic carbocycles. The quantitative estimate of drug-likeness (QED) is 0.0995. The molecule has 8 N–H and O–H groups in total. The molecule has 4 aliphatic carbocycles. The summed E-state index contributed by atoms with van der Waals surface area (Å²) < 4.78 is 29.6. The van der Waals surface area contributed by atoms with Crippen molar-refractivity contribution in [3.05, 3.63) is 11.6 Å². The zero-order chi connectivity index (χ0) is 41.0. The smallest absolute Gasteiger partial charge is 0.187 e. The highest BCUT2D eigenvalue weighted by molar-refractivity contribution is 5.62. The first-order valence-electron chi connectivity index (χ1n) is 20.9. The van der Waals surface area contributed by atoms with E-state index in [0.29, 0.717) is 19.3 Å². The number of aldehydes is 1. The third kappa shape index (κ3) is 6.17. The number of carbonyl (C=O) groups is 1. The highest BCUT2D eigenvalue weighted by Crippen LogP contribution is 2.78. The maximum absolute atomic E-state index is 13.8. The van der Waals surface area contributed by atoms with Crippen molar-refractivity contribution in [3.63, 3.8) is 0 Å². The Balaban J connectivity index is 1.08. The van der Waals surface area contributed by atoms with Gasteiger partial charge in [0.1, 0.15) is 54.6 Å². The normalized spacial score (nSPS) is 55.4. The van der Waals surface area contributed by atoms with Crippen molar-refractivity contribution in [1.29, 1.82) is 0 Å². The summed E-state index contributed by atoms with van der Waals surface area (Å²) in [5.41, 5.74) is -2.45. The Morgan fingerprint density at radius 3 is 2.05 bits per heavy atom. The summed E-state index contributed by atoms with van der Waals surface area (Å²) in [4.78, 5) is 13.8. The Kier molecular flexibility index (Phi) is 11.4. The summed E-state index contributed by atoms with van der Waals surface area (Å²) in [7, 11) is 0. The number of rotatable bonds is 8. The number of aliphatic hydroxyl groups excluding tert-OH is 7. The van der Waals surface area contributed by atoms with Crippen molar-refractivity contribution in [2.75, 3.05) is 13.2 Å². The number of allylic oxidation sites excluding steroid dienone is 1. The van der Waals surface area contributed by atoms with Crippen LogP contribution in [-0.4, -0.2) is 140 Å². The van der Waals surface area contributed by atoms with E-state index in [0.717, 1.165) is 44.1 Å². The van der Waals surface area contributed by atoms with Crippen LogP contribution in [0.5, 0.6) is 0 Å². The van der Waals surface area contributed by atoms with Gasteiger partial charge in [0.15, 0.2) is 18.9 Å². The largest absolute Gasteiger partial charge is 0.394 e. The van der Waals surface area contributed by atoms with E-state index < -0.39 is 96.2 Å². The van der Waals surface area contributed by atoms with Gasteiger partial charge in [0, 0.05) is 17.3 Å². The topological polar surface area (TPSA) is 225 Å². The van der Waals surface area contributed by atoms with E-state index in [1.807, 2.05) is 19.9 Å². The Labute approximate surface area is 330 Å². The second-order valence-electron chi connectivity index (χ2n) is 20.2. The van der Waals surface area contributed by atoms with Crippen LogP contribution in [0.4, 0.5) is 0 Å². The van der Waals surface area contributed by atoms with Crippen molar-refractivity contribution in [2.24, 2.45) is 44.8 Å². The molecule has 7 fully saturated rings. The van der Waals surface area contributed by atoms with Crippen LogP contribution in [0.2, 0.25) is 0 Å². The molecule has 7 rings (SSSR count). The molecule has 56 heavy (non-hydrogen) atoms. The Bertz CT molecular complexity index is 1490. The summed E-state index contributed by atoms with van der Waals surface area (Å²) in [6, 6.07) is 0. The van der Waals surface area contributed by atoms with Crippen LogP contribution in [0.25, 0.3) is 0 Å². The molecule has 20 atom stereocenters. The highest BCUT2D eigenvalue weighted by Gasteiger charge is 2.75. The van der Waals surface area contributed by atoms with E-state index in [1.54, 1.807) is 0 Å². The van der Waals surface area contributed by atoms with Gasteiger partial charge < -0.3 is 69.3 Å². The average Bonchev–Trinajstić information content (AvgIpc) is 3.60. The molecule has 0 spiro atoms. The molecule has 3 heterocycles. The Morgan fingerprint density at radius 2 is 1.39 bits per heavy atom. The van der Waals surface area contributed by atoms with Crippen LogP contribution in [0.3, 0.4) is 0 Å². The van der Waals surface area contributed by atoms with Crippen LogP contribution in [0.1, 0.15) is 106 Å². The second kappa shape index (κ2) is 14.8. The number of hydrogen-bond acceptors (Lipinski definition) is 14. The van der Waals surface area contributed by atoms with Crippen molar-refractivity contribution in [1.82, 2.24) is 0 Å². The van der Waals surface area contributed by atoms with Crippen molar-refractivity contribution < 1.29 is 69.3 Å². The number of aliphatic hydroxyl groups is 8. The van der Waals surface area contributed by atoms with E-state index in [9.17, 15) is 45.6 Å². The summed E-state index contributed by atoms with van der Waals surface area (Å²) in [6.45, 7) is 14.2. The third-order valence-corrected chi connectivity index (χ3v) is 17.2. The number of carbonyl (C=O) groups excluding carboxylic acids is 1. The molecule has 14 nitrogen and oxygen atoms in total. The van der Waals surface area contributed by atoms with Crippen LogP contribution in [-0.2, 0) is 28.5 Å². The lowest BCUT2D eigenvalue weighted by molar-refractivity contribution is -0.356. The van der Waals surface area contributed by atoms with Gasteiger partial charge >= 0.3 is 0 Å². The third-order valence-electron chi connectivity index (χ3n) is 17.2. The second-order valence-corrected chi connectivity index (χ2v) is 20.2. The van der Waals surface area contributed by atoms with Crippen molar-refractivity contribution in [3.8, 4) is 0 Å². The fourth-order valence-electron chi connectivity index (χ4n) is 13.9. The molecule has 4 saturated carbocycles. The fraction of sp³-hybridized carbons (Fsp3) is 0.929. The fourth-order valence-corrected chi connectivity index (χ4v) is 13.9. The van der Waals surface area contributed by atoms with Gasteiger partial charge in [0.25, 0.3) is 0 Å². The van der Waals surface area contributed by atoms with Gasteiger partial charge in [-0.1, -0.05) is 46.3 Å². The number of hydrogen-bond donors (Lipinski definition) is 8. The molecule has 5 unspecified atom stereocenters. The highest BCUT2D eigenvalue weighted by atomic mass is 16.7. The molecule has 0 radical (unpaired) electrons. The van der Waals surface area contributed by atoms with Gasteiger partial charge in [0.05, 0.1) is 25.4 Å². The lowest BCUT2D eigenvalue weighted by atomic mass is 9.34. The number of ether oxygens (including phenoxy) is 5. The first kappa shape index (κ1) is 43.0. The maximum Gasteiger partial charge on any atom is 0.187 e. The minimum Gasteiger partial charge on any atom is -0.394 e. The molecular weight excluding hydrogens is 728 g/mol. The molecule has 3 saturated heterocycles. The molecule has 320 valence electrons. The molecular formula is C42H68O14. The summed E-state index contributed by atoms with van der Waals surface area (Å²) in [5.74, 6) is 0.177. The van der Waals surface area contributed by atoms with E-state index in [2.05, 4.69) is 34.6 Å². The predicted octanol–water partition coefficient (Wildman–Crippen LogP) is 1.69. The van der Waals surface area contributed by atoms with Gasteiger partial charge in [-0.15, -0.1) is 0 Å². The van der Waals surface area contributed by atoms with Gasteiger partial charge in [-0.05, 0) is 99.2 Å². The first-order chi connectivity index (χ1) is 26.1. The zero-order valence-electron chi connectivity index (χ0n) is 34.1. The molecule has 3 aliphatic heterocycles. The van der Waals surface area contributed by atoms with Crippen LogP contribution in [0.15, 0.2) is 11.6 Å². The lowest BCUT2D eigenvalue weighted by Crippen LogP contribution is -2.67. The summed E-state index contributed by atoms with van der Waals surface area (Å²) in [6.07, 6.45) is -5.67. The van der Waals surface area contributed by atoms with Crippen molar-refractivity contribution in [2.45, 2.75) is 186 Å². The van der Waals surface area contributed by atoms with Gasteiger partial charge in [0.2, 0.25) is 0 Å². The van der Waals surface area contributed by atoms with Crippen LogP contribution < -0.4 is 0 Å². The predicted molar refractivity (Wildman–Crippen MR) is 199 cm³/mol. The maximum atomic E-state index is 13.8. The minimum absolute atomic E-state index is 0.0381.